The summed E-state index contributed by atoms with van der Waals surface area (Å²) in [5.74, 6) is 0.157. The van der Waals surface area contributed by atoms with Crippen molar-refractivity contribution in [3.8, 4) is 0 Å². The summed E-state index contributed by atoms with van der Waals surface area (Å²) in [6, 6.07) is 9.08. The van der Waals surface area contributed by atoms with E-state index in [1.54, 1.807) is 6.92 Å². The maximum absolute atomic E-state index is 12.6. The first-order chi connectivity index (χ1) is 13.6. The average molecular weight is 425 g/mol. The number of alkyl carbamates (subject to hydrolysis) is 1. The second-order valence-electron chi connectivity index (χ2n) is 7.78. The van der Waals surface area contributed by atoms with Crippen LogP contribution in [-0.2, 0) is 24.8 Å². The predicted octanol–water partition coefficient (Wildman–Crippen LogP) is 3.13. The van der Waals surface area contributed by atoms with Gasteiger partial charge in [0.05, 0.1) is 6.61 Å². The zero-order chi connectivity index (χ0) is 21.9. The number of hydrogen-bond donors (Lipinski definition) is 2. The Hall–Kier alpha value is -2.22. The molecule has 2 N–H and O–H groups in total. The van der Waals surface area contributed by atoms with E-state index in [9.17, 15) is 14.4 Å². The number of esters is 1. The molecular weight excluding hydrogens is 392 g/mol. The van der Waals surface area contributed by atoms with E-state index in [0.717, 1.165) is 5.56 Å². The fourth-order valence-electron chi connectivity index (χ4n) is 2.17. The Morgan fingerprint density at radius 2 is 1.79 bits per heavy atom. The molecule has 0 aliphatic heterocycles. The van der Waals surface area contributed by atoms with Crippen molar-refractivity contribution in [2.24, 2.45) is 5.41 Å². The fourth-order valence-corrected chi connectivity index (χ4v) is 3.19. The second kappa shape index (κ2) is 12.4. The lowest BCUT2D eigenvalue weighted by Crippen LogP contribution is -2.50. The number of nitrogens with one attached hydrogen (secondary N) is 2. The molecule has 29 heavy (non-hydrogen) atoms. The molecule has 1 rings (SSSR count). The molecular formula is C21H32N2O5S. The first-order valence-corrected chi connectivity index (χ1v) is 10.8. The maximum Gasteiger partial charge on any atom is 0.408 e. The summed E-state index contributed by atoms with van der Waals surface area (Å²) < 4.78 is 9.86. The van der Waals surface area contributed by atoms with Gasteiger partial charge in [-0.3, -0.25) is 4.79 Å². The van der Waals surface area contributed by atoms with E-state index in [4.69, 9.17) is 9.47 Å². The van der Waals surface area contributed by atoms with Crippen molar-refractivity contribution in [3.05, 3.63) is 35.9 Å². The van der Waals surface area contributed by atoms with Crippen LogP contribution < -0.4 is 10.6 Å². The Balaban J connectivity index is 2.66. The molecule has 0 heterocycles. The van der Waals surface area contributed by atoms with Crippen LogP contribution in [0, 0.1) is 5.41 Å². The zero-order valence-corrected chi connectivity index (χ0v) is 18.6. The Kier molecular flexibility index (Phi) is 10.6. The molecule has 8 heteroatoms. The van der Waals surface area contributed by atoms with Crippen molar-refractivity contribution in [1.29, 1.82) is 0 Å². The van der Waals surface area contributed by atoms with Gasteiger partial charge in [-0.1, -0.05) is 51.1 Å². The summed E-state index contributed by atoms with van der Waals surface area (Å²) in [6.45, 7) is 9.80. The van der Waals surface area contributed by atoms with Gasteiger partial charge in [0.15, 0.2) is 6.10 Å². The lowest BCUT2D eigenvalue weighted by molar-refractivity contribution is -0.152. The van der Waals surface area contributed by atoms with Crippen molar-refractivity contribution >= 4 is 29.7 Å². The van der Waals surface area contributed by atoms with Crippen LogP contribution in [0.4, 0.5) is 4.79 Å². The van der Waals surface area contributed by atoms with Gasteiger partial charge < -0.3 is 20.1 Å². The zero-order valence-electron chi connectivity index (χ0n) is 17.8. The topological polar surface area (TPSA) is 93.7 Å². The molecule has 0 saturated heterocycles. The van der Waals surface area contributed by atoms with Crippen molar-refractivity contribution in [2.75, 3.05) is 18.9 Å². The van der Waals surface area contributed by atoms with Crippen molar-refractivity contribution < 1.29 is 23.9 Å². The molecule has 0 spiro atoms. The first-order valence-electron chi connectivity index (χ1n) is 9.65. The number of carbonyl (C=O) groups is 3. The SMILES string of the molecule is CCOC(=O)[C@H](C)OC(=O)N[C@@H](CSCc1ccccc1)C(=O)NCC(C)(C)C. The van der Waals surface area contributed by atoms with E-state index in [2.05, 4.69) is 10.6 Å². The smallest absolute Gasteiger partial charge is 0.408 e. The lowest BCUT2D eigenvalue weighted by atomic mass is 9.97. The summed E-state index contributed by atoms with van der Waals surface area (Å²) in [7, 11) is 0. The second-order valence-corrected chi connectivity index (χ2v) is 8.81. The minimum atomic E-state index is -1.05. The molecule has 7 nitrogen and oxygen atoms in total. The van der Waals surface area contributed by atoms with Crippen molar-refractivity contribution in [3.63, 3.8) is 0 Å². The van der Waals surface area contributed by atoms with E-state index in [-0.39, 0.29) is 17.9 Å². The van der Waals surface area contributed by atoms with Crippen LogP contribution in [0.25, 0.3) is 0 Å². The number of amides is 2. The molecule has 0 aromatic heterocycles. The molecule has 0 unspecified atom stereocenters. The van der Waals surface area contributed by atoms with Crippen LogP contribution in [0.5, 0.6) is 0 Å². The van der Waals surface area contributed by atoms with Crippen LogP contribution in [0.2, 0.25) is 0 Å². The van der Waals surface area contributed by atoms with Gasteiger partial charge in [-0.15, -0.1) is 0 Å². The van der Waals surface area contributed by atoms with Gasteiger partial charge in [-0.25, -0.2) is 9.59 Å². The Labute approximate surface area is 177 Å². The Morgan fingerprint density at radius 3 is 2.38 bits per heavy atom. The molecule has 0 fully saturated rings. The van der Waals surface area contributed by atoms with Crippen molar-refractivity contribution in [1.82, 2.24) is 10.6 Å². The van der Waals surface area contributed by atoms with Gasteiger partial charge >= 0.3 is 12.1 Å². The number of thioether (sulfide) groups is 1. The van der Waals surface area contributed by atoms with Gasteiger partial charge in [0.1, 0.15) is 6.04 Å². The Morgan fingerprint density at radius 1 is 1.14 bits per heavy atom. The number of ether oxygens (including phenoxy) is 2. The average Bonchev–Trinajstić information content (AvgIpc) is 2.65. The molecule has 1 aromatic carbocycles. The highest BCUT2D eigenvalue weighted by atomic mass is 32.2. The van der Waals surface area contributed by atoms with E-state index < -0.39 is 24.2 Å². The Bertz CT molecular complexity index is 661. The maximum atomic E-state index is 12.6. The summed E-state index contributed by atoms with van der Waals surface area (Å²) in [5.41, 5.74) is 1.04. The van der Waals surface area contributed by atoms with Crippen LogP contribution in [-0.4, -0.2) is 49.0 Å². The first kappa shape index (κ1) is 24.8. The van der Waals surface area contributed by atoms with Crippen LogP contribution in [0.3, 0.4) is 0 Å². The fraction of sp³-hybridized carbons (Fsp3) is 0.571. The third kappa shape index (κ3) is 10.8. The van der Waals surface area contributed by atoms with E-state index in [0.29, 0.717) is 18.1 Å². The molecule has 0 radical (unpaired) electrons. The molecule has 162 valence electrons. The van der Waals surface area contributed by atoms with Gasteiger partial charge in [-0.05, 0) is 24.8 Å². The third-order valence-electron chi connectivity index (χ3n) is 3.70. The minimum absolute atomic E-state index is 0.0870. The summed E-state index contributed by atoms with van der Waals surface area (Å²) >= 11 is 1.53. The molecule has 0 bridgehead atoms. The molecule has 0 aliphatic carbocycles. The molecule has 2 amide bonds. The van der Waals surface area contributed by atoms with Gasteiger partial charge in [0, 0.05) is 18.1 Å². The van der Waals surface area contributed by atoms with Crippen molar-refractivity contribution in [2.45, 2.75) is 52.5 Å². The number of benzene rings is 1. The number of hydrogen-bond acceptors (Lipinski definition) is 6. The standard InChI is InChI=1S/C21H32N2O5S/c1-6-27-19(25)15(2)28-20(26)23-17(18(24)22-14-21(3,4)5)13-29-12-16-10-8-7-9-11-16/h7-11,15,17H,6,12-14H2,1-5H3,(H,22,24)(H,23,26)/t15-,17-/m0/s1. The molecule has 0 saturated carbocycles. The summed E-state index contributed by atoms with van der Waals surface area (Å²) in [4.78, 5) is 36.4. The van der Waals surface area contributed by atoms with E-state index in [1.165, 1.54) is 18.7 Å². The van der Waals surface area contributed by atoms with Gasteiger partial charge in [0.2, 0.25) is 5.91 Å². The minimum Gasteiger partial charge on any atom is -0.463 e. The highest BCUT2D eigenvalue weighted by molar-refractivity contribution is 7.98. The van der Waals surface area contributed by atoms with Gasteiger partial charge in [0.25, 0.3) is 0 Å². The highest BCUT2D eigenvalue weighted by Crippen LogP contribution is 2.14. The lowest BCUT2D eigenvalue weighted by Gasteiger charge is -2.23. The van der Waals surface area contributed by atoms with Crippen LogP contribution in [0.1, 0.15) is 40.2 Å². The quantitative estimate of drug-likeness (QED) is 0.561. The number of rotatable bonds is 10. The summed E-state index contributed by atoms with van der Waals surface area (Å²) in [6.07, 6.45) is -1.88. The summed E-state index contributed by atoms with van der Waals surface area (Å²) in [5, 5.41) is 5.42. The van der Waals surface area contributed by atoms with Crippen LogP contribution in [0.15, 0.2) is 30.3 Å². The monoisotopic (exact) mass is 424 g/mol. The number of carbonyl (C=O) groups excluding carboxylic acids is 3. The molecule has 2 atom stereocenters. The van der Waals surface area contributed by atoms with Crippen LogP contribution >= 0.6 is 11.8 Å². The third-order valence-corrected chi connectivity index (χ3v) is 4.81. The normalized spacial score (nSPS) is 13.1. The van der Waals surface area contributed by atoms with E-state index in [1.807, 2.05) is 51.1 Å². The molecule has 0 aliphatic rings. The predicted molar refractivity (Wildman–Crippen MR) is 115 cm³/mol. The largest absolute Gasteiger partial charge is 0.463 e. The highest BCUT2D eigenvalue weighted by Gasteiger charge is 2.25. The van der Waals surface area contributed by atoms with Gasteiger partial charge in [-0.2, -0.15) is 11.8 Å². The molecule has 1 aromatic rings. The van der Waals surface area contributed by atoms with E-state index >= 15 is 0 Å².